The van der Waals surface area contributed by atoms with Crippen LogP contribution in [-0.4, -0.2) is 31.1 Å². The lowest BCUT2D eigenvalue weighted by molar-refractivity contribution is -0.148. The van der Waals surface area contributed by atoms with Crippen molar-refractivity contribution in [3.8, 4) is 5.75 Å². The van der Waals surface area contributed by atoms with Gasteiger partial charge in [-0.15, -0.1) is 11.3 Å². The number of esters is 1. The van der Waals surface area contributed by atoms with Gasteiger partial charge in [-0.05, 0) is 30.5 Å². The Morgan fingerprint density at radius 3 is 2.50 bits per heavy atom. The number of hydrogen-bond acceptors (Lipinski definition) is 5. The topological polar surface area (TPSA) is 64.6 Å². The van der Waals surface area contributed by atoms with Crippen LogP contribution in [0.5, 0.6) is 5.75 Å². The number of thiophene rings is 1. The monoisotopic (exact) mass is 319 g/mol. The number of ether oxygens (including phenoxy) is 2. The van der Waals surface area contributed by atoms with Crippen LogP contribution in [0.3, 0.4) is 0 Å². The molecule has 0 aliphatic carbocycles. The maximum absolute atomic E-state index is 12.2. The first-order valence-electron chi connectivity index (χ1n) is 6.67. The summed E-state index contributed by atoms with van der Waals surface area (Å²) in [5.41, 5.74) is -1.27. The number of rotatable bonds is 6. The quantitative estimate of drug-likeness (QED) is 0.831. The lowest BCUT2D eigenvalue weighted by Crippen LogP contribution is -2.56. The van der Waals surface area contributed by atoms with E-state index in [0.717, 1.165) is 0 Å². The molecule has 0 saturated heterocycles. The van der Waals surface area contributed by atoms with Crippen LogP contribution in [0.2, 0.25) is 0 Å². The van der Waals surface area contributed by atoms with Crippen molar-refractivity contribution in [2.24, 2.45) is 0 Å². The molecule has 1 aromatic carbocycles. The van der Waals surface area contributed by atoms with Gasteiger partial charge >= 0.3 is 5.97 Å². The molecule has 0 spiro atoms. The molecular weight excluding hydrogens is 302 g/mol. The molecule has 0 aliphatic rings. The van der Waals surface area contributed by atoms with Gasteiger partial charge in [0.2, 0.25) is 0 Å². The first-order chi connectivity index (χ1) is 10.5. The van der Waals surface area contributed by atoms with Gasteiger partial charge in [0.05, 0.1) is 12.0 Å². The molecule has 22 heavy (non-hydrogen) atoms. The Labute approximate surface area is 132 Å². The highest BCUT2D eigenvalue weighted by atomic mass is 32.1. The van der Waals surface area contributed by atoms with Gasteiger partial charge in [0.15, 0.2) is 5.54 Å². The number of amides is 1. The van der Waals surface area contributed by atoms with Crippen molar-refractivity contribution >= 4 is 23.2 Å². The van der Waals surface area contributed by atoms with E-state index in [0.29, 0.717) is 10.6 Å². The second-order valence-electron chi connectivity index (χ2n) is 4.86. The summed E-state index contributed by atoms with van der Waals surface area (Å²) in [6.07, 6.45) is 0. The molecule has 6 heteroatoms. The van der Waals surface area contributed by atoms with E-state index in [1.54, 1.807) is 36.6 Å². The molecule has 0 bridgehead atoms. The second kappa shape index (κ2) is 7.09. The summed E-state index contributed by atoms with van der Waals surface area (Å²) in [7, 11) is 1.28. The number of carbonyl (C=O) groups is 2. The zero-order valence-electron chi connectivity index (χ0n) is 12.4. The van der Waals surface area contributed by atoms with Gasteiger partial charge in [-0.3, -0.25) is 4.79 Å². The first-order valence-corrected chi connectivity index (χ1v) is 7.55. The number of benzene rings is 1. The number of para-hydroxylation sites is 1. The average molecular weight is 319 g/mol. The molecule has 0 unspecified atom stereocenters. The third-order valence-electron chi connectivity index (χ3n) is 3.04. The van der Waals surface area contributed by atoms with Gasteiger partial charge in [0.1, 0.15) is 12.4 Å². The van der Waals surface area contributed by atoms with Crippen molar-refractivity contribution in [2.75, 3.05) is 13.7 Å². The molecule has 1 heterocycles. The van der Waals surface area contributed by atoms with Gasteiger partial charge in [0, 0.05) is 0 Å². The summed E-state index contributed by atoms with van der Waals surface area (Å²) in [6, 6.07) is 12.5. The summed E-state index contributed by atoms with van der Waals surface area (Å²) < 4.78 is 10.4. The van der Waals surface area contributed by atoms with Crippen molar-refractivity contribution in [3.05, 3.63) is 52.7 Å². The summed E-state index contributed by atoms with van der Waals surface area (Å²) in [5.74, 6) is -0.282. The Balaban J connectivity index is 2.10. The van der Waals surface area contributed by atoms with Crippen molar-refractivity contribution in [1.29, 1.82) is 0 Å². The normalized spacial score (nSPS) is 13.0. The van der Waals surface area contributed by atoms with Crippen LogP contribution < -0.4 is 10.1 Å². The maximum Gasteiger partial charge on any atom is 0.334 e. The molecule has 0 radical (unpaired) electrons. The summed E-state index contributed by atoms with van der Waals surface area (Å²) in [4.78, 5) is 24.8. The fourth-order valence-electron chi connectivity index (χ4n) is 1.84. The van der Waals surface area contributed by atoms with Gasteiger partial charge in [-0.2, -0.15) is 0 Å². The number of nitrogens with one attached hydrogen (secondary N) is 1. The van der Waals surface area contributed by atoms with Crippen LogP contribution in [0.15, 0.2) is 47.8 Å². The molecule has 0 aliphatic heterocycles. The summed E-state index contributed by atoms with van der Waals surface area (Å²) >= 11 is 1.30. The lowest BCUT2D eigenvalue weighted by atomic mass is 10.0. The van der Waals surface area contributed by atoms with E-state index in [9.17, 15) is 9.59 Å². The zero-order chi connectivity index (χ0) is 16.0. The minimum Gasteiger partial charge on any atom is -0.491 e. The molecule has 0 saturated carbocycles. The summed E-state index contributed by atoms with van der Waals surface area (Å²) in [6.45, 7) is 1.55. The standard InChI is InChI=1S/C16H17NO4S/c1-16(15(19)20-2,11-21-12-7-4-3-5-8-12)17-14(18)13-9-6-10-22-13/h3-10H,11H2,1-2H3,(H,17,18)/t16-/m0/s1. The number of hydrogen-bond donors (Lipinski definition) is 1. The largest absolute Gasteiger partial charge is 0.491 e. The van der Waals surface area contributed by atoms with E-state index >= 15 is 0 Å². The molecule has 1 atom stereocenters. The maximum atomic E-state index is 12.2. The summed E-state index contributed by atoms with van der Waals surface area (Å²) in [5, 5.41) is 4.49. The van der Waals surface area contributed by atoms with E-state index in [1.807, 2.05) is 18.2 Å². The third-order valence-corrected chi connectivity index (χ3v) is 3.91. The van der Waals surface area contributed by atoms with Crippen molar-refractivity contribution < 1.29 is 19.1 Å². The van der Waals surface area contributed by atoms with Gasteiger partial charge in [-0.25, -0.2) is 4.79 Å². The third kappa shape index (κ3) is 3.85. The molecule has 5 nitrogen and oxygen atoms in total. The van der Waals surface area contributed by atoms with Gasteiger partial charge in [-0.1, -0.05) is 24.3 Å². The molecular formula is C16H17NO4S. The molecule has 1 N–H and O–H groups in total. The van der Waals surface area contributed by atoms with E-state index < -0.39 is 11.5 Å². The SMILES string of the molecule is COC(=O)[C@](C)(COc1ccccc1)NC(=O)c1cccs1. The van der Waals surface area contributed by atoms with Gasteiger partial charge < -0.3 is 14.8 Å². The minimum atomic E-state index is -1.27. The number of methoxy groups -OCH3 is 1. The van der Waals surface area contributed by atoms with Crippen LogP contribution >= 0.6 is 11.3 Å². The lowest BCUT2D eigenvalue weighted by Gasteiger charge is -2.27. The average Bonchev–Trinajstić information content (AvgIpc) is 3.08. The molecule has 116 valence electrons. The highest BCUT2D eigenvalue weighted by molar-refractivity contribution is 7.12. The highest BCUT2D eigenvalue weighted by Gasteiger charge is 2.37. The van der Waals surface area contributed by atoms with Gasteiger partial charge in [0.25, 0.3) is 5.91 Å². The van der Waals surface area contributed by atoms with E-state index in [2.05, 4.69) is 5.32 Å². The predicted molar refractivity (Wildman–Crippen MR) is 84.1 cm³/mol. The van der Waals surface area contributed by atoms with Crippen molar-refractivity contribution in [3.63, 3.8) is 0 Å². The van der Waals surface area contributed by atoms with Crippen LogP contribution in [0.1, 0.15) is 16.6 Å². The Bertz CT molecular complexity index is 627. The smallest absolute Gasteiger partial charge is 0.334 e. The van der Waals surface area contributed by atoms with E-state index in [-0.39, 0.29) is 12.5 Å². The Morgan fingerprint density at radius 1 is 1.18 bits per heavy atom. The Kier molecular flexibility index (Phi) is 5.16. The predicted octanol–water partition coefficient (Wildman–Crippen LogP) is 2.49. The molecule has 1 aromatic heterocycles. The number of carbonyl (C=O) groups excluding carboxylic acids is 2. The Morgan fingerprint density at radius 2 is 1.91 bits per heavy atom. The van der Waals surface area contributed by atoms with Crippen molar-refractivity contribution in [1.82, 2.24) is 5.32 Å². The fraction of sp³-hybridized carbons (Fsp3) is 0.250. The molecule has 0 fully saturated rings. The minimum absolute atomic E-state index is 0.0270. The molecule has 2 rings (SSSR count). The molecule has 1 amide bonds. The van der Waals surface area contributed by atoms with E-state index in [1.165, 1.54) is 18.4 Å². The Hall–Kier alpha value is -2.34. The first kappa shape index (κ1) is 16.0. The van der Waals surface area contributed by atoms with Crippen molar-refractivity contribution in [2.45, 2.75) is 12.5 Å². The fourth-order valence-corrected chi connectivity index (χ4v) is 2.45. The second-order valence-corrected chi connectivity index (χ2v) is 5.80. The van der Waals surface area contributed by atoms with Crippen LogP contribution in [0, 0.1) is 0 Å². The van der Waals surface area contributed by atoms with Crippen LogP contribution in [-0.2, 0) is 9.53 Å². The highest BCUT2D eigenvalue weighted by Crippen LogP contribution is 2.16. The van der Waals surface area contributed by atoms with Crippen LogP contribution in [0.25, 0.3) is 0 Å². The molecule has 2 aromatic rings. The van der Waals surface area contributed by atoms with Crippen LogP contribution in [0.4, 0.5) is 0 Å². The van der Waals surface area contributed by atoms with E-state index in [4.69, 9.17) is 9.47 Å². The zero-order valence-corrected chi connectivity index (χ0v) is 13.2.